The Kier molecular flexibility index (Phi) is 6.04. The van der Waals surface area contributed by atoms with Crippen molar-refractivity contribution in [3.8, 4) is 17.2 Å². The van der Waals surface area contributed by atoms with Gasteiger partial charge in [0.2, 0.25) is 0 Å². The smallest absolute Gasteiger partial charge is 0.163 e. The van der Waals surface area contributed by atoms with Crippen molar-refractivity contribution in [1.82, 2.24) is 9.88 Å². The summed E-state index contributed by atoms with van der Waals surface area (Å²) >= 11 is 0. The van der Waals surface area contributed by atoms with Crippen molar-refractivity contribution in [2.45, 2.75) is 38.0 Å². The van der Waals surface area contributed by atoms with Crippen LogP contribution < -0.4 is 19.1 Å². The molecule has 3 unspecified atom stereocenters. The van der Waals surface area contributed by atoms with E-state index in [1.165, 1.54) is 5.69 Å². The van der Waals surface area contributed by atoms with Crippen LogP contribution in [0.5, 0.6) is 17.2 Å². The number of hydrogen-bond donors (Lipinski definition) is 2. The number of nitrogens with one attached hydrogen (secondary N) is 1. The van der Waals surface area contributed by atoms with Crippen molar-refractivity contribution in [2.75, 3.05) is 44.4 Å². The number of ether oxygens (including phenoxy) is 3. The molecule has 0 amide bonds. The Balaban J connectivity index is 1.13. The summed E-state index contributed by atoms with van der Waals surface area (Å²) in [5.41, 5.74) is 3.34. The van der Waals surface area contributed by atoms with Gasteiger partial charge >= 0.3 is 0 Å². The molecule has 1 aromatic heterocycles. The second-order valence-electron chi connectivity index (χ2n) is 9.82. The van der Waals surface area contributed by atoms with Crippen molar-refractivity contribution in [1.29, 1.82) is 0 Å². The van der Waals surface area contributed by atoms with Gasteiger partial charge in [-0.1, -0.05) is 18.2 Å². The molecular weight excluding hydrogens is 442 g/mol. The lowest BCUT2D eigenvalue weighted by Gasteiger charge is -2.49. The summed E-state index contributed by atoms with van der Waals surface area (Å²) in [7, 11) is 0. The number of H-pyrrole nitrogens is 1. The number of aromatic amines is 1. The molecule has 7 rings (SSSR count). The zero-order valence-corrected chi connectivity index (χ0v) is 20.2. The van der Waals surface area contributed by atoms with E-state index in [9.17, 15) is 5.11 Å². The van der Waals surface area contributed by atoms with Gasteiger partial charge < -0.3 is 29.2 Å². The number of nitrogens with zero attached hydrogens (tertiary/aromatic N) is 2. The summed E-state index contributed by atoms with van der Waals surface area (Å²) in [6.45, 7) is 5.95. The second-order valence-corrected chi connectivity index (χ2v) is 9.82. The molecule has 4 aliphatic rings. The summed E-state index contributed by atoms with van der Waals surface area (Å²) in [4.78, 5) is 8.28. The van der Waals surface area contributed by atoms with Gasteiger partial charge in [0.1, 0.15) is 31.7 Å². The Morgan fingerprint density at radius 1 is 1.03 bits per heavy atom. The van der Waals surface area contributed by atoms with Gasteiger partial charge in [-0.3, -0.25) is 4.90 Å². The first-order valence-corrected chi connectivity index (χ1v) is 12.6. The third-order valence-corrected chi connectivity index (χ3v) is 7.29. The molecule has 0 radical (unpaired) electrons. The summed E-state index contributed by atoms with van der Waals surface area (Å²) in [5, 5.41) is 12.0. The van der Waals surface area contributed by atoms with E-state index in [0.29, 0.717) is 31.8 Å². The van der Waals surface area contributed by atoms with Gasteiger partial charge in [0.25, 0.3) is 0 Å². The fourth-order valence-electron chi connectivity index (χ4n) is 5.59. The number of anilines is 1. The molecule has 2 bridgehead atoms. The van der Waals surface area contributed by atoms with Crippen LogP contribution >= 0.6 is 0 Å². The van der Waals surface area contributed by atoms with E-state index in [0.717, 1.165) is 59.8 Å². The topological polar surface area (TPSA) is 70.2 Å². The van der Waals surface area contributed by atoms with Crippen LogP contribution in [0.25, 0.3) is 10.9 Å². The van der Waals surface area contributed by atoms with Gasteiger partial charge in [0.05, 0.1) is 0 Å². The molecule has 0 spiro atoms. The fourth-order valence-corrected chi connectivity index (χ4v) is 5.59. The van der Waals surface area contributed by atoms with E-state index in [-0.39, 0.29) is 6.61 Å². The van der Waals surface area contributed by atoms with Gasteiger partial charge in [0.15, 0.2) is 11.5 Å². The van der Waals surface area contributed by atoms with Crippen LogP contribution in [0.4, 0.5) is 5.69 Å². The van der Waals surface area contributed by atoms with Crippen LogP contribution in [0.3, 0.4) is 0 Å². The Hall–Kier alpha value is -3.16. The first kappa shape index (κ1) is 22.3. The molecule has 1 saturated heterocycles. The van der Waals surface area contributed by atoms with Crippen LogP contribution in [0.1, 0.15) is 18.5 Å². The number of piperazine rings is 1. The van der Waals surface area contributed by atoms with Crippen LogP contribution in [0.2, 0.25) is 0 Å². The van der Waals surface area contributed by atoms with Crippen molar-refractivity contribution < 1.29 is 19.3 Å². The molecule has 2 aromatic carbocycles. The molecular formula is C28H33N3O4. The summed E-state index contributed by atoms with van der Waals surface area (Å²) in [6, 6.07) is 15.0. The van der Waals surface area contributed by atoms with Crippen molar-refractivity contribution >= 4 is 16.6 Å². The Morgan fingerprint density at radius 2 is 1.86 bits per heavy atom. The van der Waals surface area contributed by atoms with E-state index in [4.69, 9.17) is 14.2 Å². The lowest BCUT2D eigenvalue weighted by Crippen LogP contribution is -2.60. The van der Waals surface area contributed by atoms with Crippen molar-refractivity contribution in [3.05, 3.63) is 60.3 Å². The minimum atomic E-state index is -0.558. The first-order valence-electron chi connectivity index (χ1n) is 12.6. The van der Waals surface area contributed by atoms with Gasteiger partial charge in [-0.05, 0) is 50.1 Å². The van der Waals surface area contributed by atoms with E-state index in [2.05, 4.69) is 45.1 Å². The third-order valence-electron chi connectivity index (χ3n) is 7.29. The fraction of sp³-hybridized carbons (Fsp3) is 0.429. The molecule has 7 nitrogen and oxygen atoms in total. The lowest BCUT2D eigenvalue weighted by molar-refractivity contribution is 0.0408. The normalized spacial score (nSPS) is 23.7. The number of hydrogen-bond acceptors (Lipinski definition) is 6. The monoisotopic (exact) mass is 475 g/mol. The van der Waals surface area contributed by atoms with Crippen LogP contribution in [0, 0.1) is 6.92 Å². The minimum absolute atomic E-state index is 0.277. The number of aliphatic hydroxyl groups excluding tert-OH is 1. The van der Waals surface area contributed by atoms with E-state index >= 15 is 0 Å². The predicted molar refractivity (Wildman–Crippen MR) is 137 cm³/mol. The Bertz CT molecular complexity index is 1220. The maximum Gasteiger partial charge on any atom is 0.163 e. The quantitative estimate of drug-likeness (QED) is 0.527. The van der Waals surface area contributed by atoms with Gasteiger partial charge in [0, 0.05) is 60.1 Å². The molecule has 5 heterocycles. The zero-order chi connectivity index (χ0) is 23.8. The third kappa shape index (κ3) is 4.58. The van der Waals surface area contributed by atoms with Gasteiger partial charge in [-0.2, -0.15) is 0 Å². The molecule has 2 N–H and O–H groups in total. The van der Waals surface area contributed by atoms with Gasteiger partial charge in [-0.25, -0.2) is 0 Å². The van der Waals surface area contributed by atoms with E-state index in [1.807, 2.05) is 31.2 Å². The van der Waals surface area contributed by atoms with Gasteiger partial charge in [-0.15, -0.1) is 0 Å². The lowest BCUT2D eigenvalue weighted by atomic mass is 9.96. The number of aryl methyl sites for hydroxylation is 1. The summed E-state index contributed by atoms with van der Waals surface area (Å²) in [5.74, 6) is 2.47. The maximum absolute atomic E-state index is 10.9. The first-order chi connectivity index (χ1) is 17.1. The second kappa shape index (κ2) is 9.47. The Morgan fingerprint density at radius 3 is 2.74 bits per heavy atom. The standard InChI is InChI=1S/C28H33N3O4/c1-19-13-24-25(29-19)7-4-8-26(24)35-18-23(32)17-30-15-22-6-3-2-5-21(30)16-31(22)20-9-10-27-28(14-20)34-12-11-33-27/h2-4,7-10,13-14,21-23,29,32H,5-6,11-12,15-18H2,1H3/b3-2-. The molecule has 184 valence electrons. The van der Waals surface area contributed by atoms with E-state index < -0.39 is 6.10 Å². The SMILES string of the molecule is Cc1cc2c(OCC(O)CN3CC4C/C=C\CC3CN4c3ccc4c(c3)OCCO4)cccc2[nH]1. The highest BCUT2D eigenvalue weighted by molar-refractivity contribution is 5.86. The predicted octanol–water partition coefficient (Wildman–Crippen LogP) is 3.90. The maximum atomic E-state index is 10.9. The molecule has 0 saturated carbocycles. The average Bonchev–Trinajstić information content (AvgIpc) is 3.24. The van der Waals surface area contributed by atoms with Crippen LogP contribution in [-0.4, -0.2) is 72.6 Å². The summed E-state index contributed by atoms with van der Waals surface area (Å²) in [6.07, 6.45) is 6.00. The average molecular weight is 476 g/mol. The molecule has 1 fully saturated rings. The summed E-state index contributed by atoms with van der Waals surface area (Å²) < 4.78 is 17.6. The molecule has 7 heteroatoms. The molecule has 3 aromatic rings. The van der Waals surface area contributed by atoms with Crippen LogP contribution in [-0.2, 0) is 0 Å². The zero-order valence-electron chi connectivity index (χ0n) is 20.2. The highest BCUT2D eigenvalue weighted by Crippen LogP contribution is 2.37. The highest BCUT2D eigenvalue weighted by Gasteiger charge is 2.35. The number of aliphatic hydroxyl groups is 1. The Labute approximate surface area is 205 Å². The number of aromatic nitrogens is 1. The van der Waals surface area contributed by atoms with Crippen molar-refractivity contribution in [3.63, 3.8) is 0 Å². The molecule has 3 atom stereocenters. The van der Waals surface area contributed by atoms with Crippen LogP contribution in [0.15, 0.2) is 54.6 Å². The molecule has 0 aliphatic carbocycles. The van der Waals surface area contributed by atoms with E-state index in [1.54, 1.807) is 0 Å². The molecule has 35 heavy (non-hydrogen) atoms. The highest BCUT2D eigenvalue weighted by atomic mass is 16.6. The largest absolute Gasteiger partial charge is 0.490 e. The minimum Gasteiger partial charge on any atom is -0.490 e. The molecule has 4 aliphatic heterocycles. The number of fused-ring (bicyclic) bond motifs is 6. The van der Waals surface area contributed by atoms with Crippen molar-refractivity contribution in [2.24, 2.45) is 0 Å². The number of benzene rings is 2. The number of rotatable bonds is 6.